The Morgan fingerprint density at radius 1 is 1.21 bits per heavy atom. The molecule has 5 heteroatoms. The summed E-state index contributed by atoms with van der Waals surface area (Å²) in [5.41, 5.74) is 0. The van der Waals surface area contributed by atoms with Gasteiger partial charge in [0.15, 0.2) is 0 Å². The van der Waals surface area contributed by atoms with Crippen LogP contribution in [0.3, 0.4) is 0 Å². The highest BCUT2D eigenvalue weighted by atomic mass is 16.4. The lowest BCUT2D eigenvalue weighted by Gasteiger charge is -2.19. The van der Waals surface area contributed by atoms with Crippen LogP contribution in [0.25, 0.3) is 0 Å². The van der Waals surface area contributed by atoms with Gasteiger partial charge in [-0.1, -0.05) is 33.6 Å². The lowest BCUT2D eigenvalue weighted by Crippen LogP contribution is -2.44. The minimum Gasteiger partial charge on any atom is -0.481 e. The van der Waals surface area contributed by atoms with E-state index >= 15 is 0 Å². The van der Waals surface area contributed by atoms with Crippen LogP contribution in [0.2, 0.25) is 0 Å². The van der Waals surface area contributed by atoms with Crippen molar-refractivity contribution in [2.45, 2.75) is 59.4 Å². The SMILES string of the molecule is CCCC(CNC(=O)NC(C)CC(C)CC)C(=O)O. The van der Waals surface area contributed by atoms with Gasteiger partial charge in [0.1, 0.15) is 0 Å². The van der Waals surface area contributed by atoms with Gasteiger partial charge in [-0.2, -0.15) is 0 Å². The zero-order valence-corrected chi connectivity index (χ0v) is 12.5. The molecule has 19 heavy (non-hydrogen) atoms. The fourth-order valence-electron chi connectivity index (χ4n) is 1.98. The van der Waals surface area contributed by atoms with Crippen LogP contribution in [0.15, 0.2) is 0 Å². The van der Waals surface area contributed by atoms with Crippen LogP contribution in [-0.2, 0) is 4.79 Å². The molecule has 0 aromatic rings. The van der Waals surface area contributed by atoms with E-state index in [9.17, 15) is 9.59 Å². The van der Waals surface area contributed by atoms with E-state index in [4.69, 9.17) is 5.11 Å². The Morgan fingerprint density at radius 3 is 2.32 bits per heavy atom. The van der Waals surface area contributed by atoms with Crippen molar-refractivity contribution in [1.29, 1.82) is 0 Å². The van der Waals surface area contributed by atoms with Gasteiger partial charge in [-0.25, -0.2) is 4.79 Å². The van der Waals surface area contributed by atoms with E-state index in [-0.39, 0.29) is 18.6 Å². The van der Waals surface area contributed by atoms with Crippen LogP contribution in [-0.4, -0.2) is 29.7 Å². The number of urea groups is 1. The van der Waals surface area contributed by atoms with Gasteiger partial charge < -0.3 is 15.7 Å². The number of amides is 2. The molecule has 0 aliphatic heterocycles. The molecule has 0 fully saturated rings. The third-order valence-electron chi connectivity index (χ3n) is 3.33. The molecular formula is C14H28N2O3. The lowest BCUT2D eigenvalue weighted by atomic mass is 10.0. The Morgan fingerprint density at radius 2 is 1.84 bits per heavy atom. The number of aliphatic carboxylic acids is 1. The topological polar surface area (TPSA) is 78.4 Å². The molecule has 0 spiro atoms. The molecule has 0 aromatic carbocycles. The summed E-state index contributed by atoms with van der Waals surface area (Å²) in [4.78, 5) is 22.6. The van der Waals surface area contributed by atoms with Crippen molar-refractivity contribution in [3.8, 4) is 0 Å². The number of rotatable bonds is 9. The minimum atomic E-state index is -0.852. The van der Waals surface area contributed by atoms with Crippen LogP contribution in [0, 0.1) is 11.8 Å². The van der Waals surface area contributed by atoms with Crippen molar-refractivity contribution >= 4 is 12.0 Å². The molecule has 0 saturated heterocycles. The number of carbonyl (C=O) groups excluding carboxylic acids is 1. The number of hydrogen-bond acceptors (Lipinski definition) is 2. The summed E-state index contributed by atoms with van der Waals surface area (Å²) in [6.07, 6.45) is 3.40. The molecule has 3 N–H and O–H groups in total. The van der Waals surface area contributed by atoms with E-state index in [1.54, 1.807) is 0 Å². The van der Waals surface area contributed by atoms with Gasteiger partial charge >= 0.3 is 12.0 Å². The second-order valence-corrected chi connectivity index (χ2v) is 5.33. The Hall–Kier alpha value is -1.26. The van der Waals surface area contributed by atoms with Gasteiger partial charge in [0.05, 0.1) is 5.92 Å². The summed E-state index contributed by atoms with van der Waals surface area (Å²) < 4.78 is 0. The lowest BCUT2D eigenvalue weighted by molar-refractivity contribution is -0.141. The molecule has 2 amide bonds. The Balaban J connectivity index is 3.99. The van der Waals surface area contributed by atoms with Crippen LogP contribution in [0.1, 0.15) is 53.4 Å². The second kappa shape index (κ2) is 9.64. The van der Waals surface area contributed by atoms with E-state index < -0.39 is 11.9 Å². The molecule has 0 aliphatic rings. The van der Waals surface area contributed by atoms with Gasteiger partial charge in [0.25, 0.3) is 0 Å². The van der Waals surface area contributed by atoms with E-state index in [0.29, 0.717) is 12.3 Å². The van der Waals surface area contributed by atoms with E-state index in [2.05, 4.69) is 24.5 Å². The van der Waals surface area contributed by atoms with Crippen molar-refractivity contribution in [2.24, 2.45) is 11.8 Å². The van der Waals surface area contributed by atoms with Gasteiger partial charge in [-0.3, -0.25) is 4.79 Å². The Kier molecular flexibility index (Phi) is 9.00. The van der Waals surface area contributed by atoms with Crippen LogP contribution in [0.4, 0.5) is 4.79 Å². The Labute approximate surface area is 116 Å². The number of hydrogen-bond donors (Lipinski definition) is 3. The molecule has 0 aromatic heterocycles. The largest absolute Gasteiger partial charge is 0.481 e. The molecule has 0 heterocycles. The molecule has 3 unspecified atom stereocenters. The highest BCUT2D eigenvalue weighted by molar-refractivity contribution is 5.76. The van der Waals surface area contributed by atoms with Crippen LogP contribution in [0.5, 0.6) is 0 Å². The number of carbonyl (C=O) groups is 2. The van der Waals surface area contributed by atoms with Gasteiger partial charge in [-0.15, -0.1) is 0 Å². The maximum atomic E-state index is 11.6. The van der Waals surface area contributed by atoms with Crippen molar-refractivity contribution in [2.75, 3.05) is 6.54 Å². The first-order chi connectivity index (χ1) is 8.90. The summed E-state index contributed by atoms with van der Waals surface area (Å²) in [7, 11) is 0. The van der Waals surface area contributed by atoms with Crippen molar-refractivity contribution in [1.82, 2.24) is 10.6 Å². The molecule has 112 valence electrons. The quantitative estimate of drug-likeness (QED) is 0.603. The zero-order valence-electron chi connectivity index (χ0n) is 12.5. The summed E-state index contributed by atoms with van der Waals surface area (Å²) in [5.74, 6) is -0.780. The summed E-state index contributed by atoms with van der Waals surface area (Å²) in [6.45, 7) is 8.36. The van der Waals surface area contributed by atoms with Crippen LogP contribution >= 0.6 is 0 Å². The molecule has 0 aliphatic carbocycles. The first-order valence-corrected chi connectivity index (χ1v) is 7.17. The third-order valence-corrected chi connectivity index (χ3v) is 3.33. The fraction of sp³-hybridized carbons (Fsp3) is 0.857. The molecule has 0 rings (SSSR count). The third kappa shape index (κ3) is 8.46. The van der Waals surface area contributed by atoms with Crippen molar-refractivity contribution in [3.05, 3.63) is 0 Å². The maximum Gasteiger partial charge on any atom is 0.315 e. The van der Waals surface area contributed by atoms with Crippen molar-refractivity contribution in [3.63, 3.8) is 0 Å². The normalized spacial score (nSPS) is 15.4. The molecule has 5 nitrogen and oxygen atoms in total. The van der Waals surface area contributed by atoms with Gasteiger partial charge in [0, 0.05) is 12.6 Å². The number of nitrogens with one attached hydrogen (secondary N) is 2. The van der Waals surface area contributed by atoms with Gasteiger partial charge in [-0.05, 0) is 25.7 Å². The second-order valence-electron chi connectivity index (χ2n) is 5.33. The summed E-state index contributed by atoms with van der Waals surface area (Å²) >= 11 is 0. The van der Waals surface area contributed by atoms with Crippen LogP contribution < -0.4 is 10.6 Å². The predicted molar refractivity (Wildman–Crippen MR) is 76.1 cm³/mol. The fourth-order valence-corrected chi connectivity index (χ4v) is 1.98. The zero-order chi connectivity index (χ0) is 14.8. The van der Waals surface area contributed by atoms with Crippen molar-refractivity contribution < 1.29 is 14.7 Å². The average molecular weight is 272 g/mol. The maximum absolute atomic E-state index is 11.6. The molecular weight excluding hydrogens is 244 g/mol. The highest BCUT2D eigenvalue weighted by Crippen LogP contribution is 2.09. The monoisotopic (exact) mass is 272 g/mol. The first kappa shape index (κ1) is 17.7. The number of carboxylic acids is 1. The summed E-state index contributed by atoms with van der Waals surface area (Å²) in [6, 6.07) is -0.178. The van der Waals surface area contributed by atoms with E-state index in [0.717, 1.165) is 19.3 Å². The predicted octanol–water partition coefficient (Wildman–Crippen LogP) is 2.61. The summed E-state index contributed by atoms with van der Waals surface area (Å²) in [5, 5.41) is 14.5. The molecule has 0 radical (unpaired) electrons. The molecule has 3 atom stereocenters. The first-order valence-electron chi connectivity index (χ1n) is 7.17. The smallest absolute Gasteiger partial charge is 0.315 e. The number of carboxylic acid groups (broad SMARTS) is 1. The molecule has 0 bridgehead atoms. The van der Waals surface area contributed by atoms with E-state index in [1.165, 1.54) is 0 Å². The standard InChI is InChI=1S/C14H28N2O3/c1-5-7-12(13(17)18)9-15-14(19)16-11(4)8-10(3)6-2/h10-12H,5-9H2,1-4H3,(H,17,18)(H2,15,16,19). The Bertz CT molecular complexity index is 282. The highest BCUT2D eigenvalue weighted by Gasteiger charge is 2.17. The van der Waals surface area contributed by atoms with E-state index in [1.807, 2.05) is 13.8 Å². The van der Waals surface area contributed by atoms with Gasteiger partial charge in [0.2, 0.25) is 0 Å². The minimum absolute atomic E-state index is 0.101. The molecule has 0 saturated carbocycles. The average Bonchev–Trinajstić information content (AvgIpc) is 2.33.